The minimum absolute atomic E-state index is 0.271. The number of likely N-dealkylation sites (N-methyl/N-ethyl adjacent to an activating group) is 1. The first-order valence-corrected chi connectivity index (χ1v) is 6.50. The van der Waals surface area contributed by atoms with E-state index in [1.165, 1.54) is 15.6 Å². The summed E-state index contributed by atoms with van der Waals surface area (Å²) in [5.74, 6) is 0.667. The number of aliphatic hydroxyl groups is 1. The Kier molecular flexibility index (Phi) is 3.67. The zero-order valence-electron chi connectivity index (χ0n) is 9.78. The van der Waals surface area contributed by atoms with Crippen molar-refractivity contribution in [3.8, 4) is 0 Å². The summed E-state index contributed by atoms with van der Waals surface area (Å²) in [4.78, 5) is 2.32. The van der Waals surface area contributed by atoms with Crippen molar-refractivity contribution in [3.63, 3.8) is 0 Å². The molecule has 3 heteroatoms. The van der Waals surface area contributed by atoms with Gasteiger partial charge in [0.1, 0.15) is 0 Å². The van der Waals surface area contributed by atoms with Crippen molar-refractivity contribution >= 4 is 15.9 Å². The summed E-state index contributed by atoms with van der Waals surface area (Å²) in [6.45, 7) is 4.12. The van der Waals surface area contributed by atoms with Crippen LogP contribution in [0.25, 0.3) is 0 Å². The summed E-state index contributed by atoms with van der Waals surface area (Å²) in [5, 5.41) is 9.35. The smallest absolute Gasteiger partial charge is 0.0552 e. The minimum Gasteiger partial charge on any atom is -0.393 e. The monoisotopic (exact) mass is 283 g/mol. The van der Waals surface area contributed by atoms with Gasteiger partial charge in [0.05, 0.1) is 6.10 Å². The number of halogens is 1. The van der Waals surface area contributed by atoms with Gasteiger partial charge in [0.25, 0.3) is 0 Å². The molecule has 1 saturated heterocycles. The molecular formula is C13H18BrNO. The van der Waals surface area contributed by atoms with Crippen LogP contribution in [0.2, 0.25) is 0 Å². The number of nitrogens with zero attached hydrogens (tertiary/aromatic N) is 1. The zero-order valence-corrected chi connectivity index (χ0v) is 11.4. The van der Waals surface area contributed by atoms with E-state index in [1.54, 1.807) is 0 Å². The molecular weight excluding hydrogens is 266 g/mol. The van der Waals surface area contributed by atoms with Gasteiger partial charge in [-0.25, -0.2) is 0 Å². The molecule has 2 rings (SSSR count). The minimum atomic E-state index is -0.271. The lowest BCUT2D eigenvalue weighted by molar-refractivity contribution is 0.189. The van der Waals surface area contributed by atoms with E-state index < -0.39 is 0 Å². The first-order chi connectivity index (χ1) is 7.56. The number of likely N-dealkylation sites (tertiary alicyclic amines) is 1. The Hall–Kier alpha value is -0.380. The molecule has 88 valence electrons. The van der Waals surface area contributed by atoms with E-state index in [0.717, 1.165) is 19.5 Å². The summed E-state index contributed by atoms with van der Waals surface area (Å²) >= 11 is 3.63. The molecule has 16 heavy (non-hydrogen) atoms. The molecule has 0 spiro atoms. The molecule has 0 bridgehead atoms. The first-order valence-electron chi connectivity index (χ1n) is 5.71. The molecule has 1 N–H and O–H groups in total. The summed E-state index contributed by atoms with van der Waals surface area (Å²) in [7, 11) is 2.15. The largest absolute Gasteiger partial charge is 0.393 e. The lowest BCUT2D eigenvalue weighted by atomic mass is 9.91. The fraction of sp³-hybridized carbons (Fsp3) is 0.538. The topological polar surface area (TPSA) is 23.5 Å². The fourth-order valence-corrected chi connectivity index (χ4v) is 3.02. The van der Waals surface area contributed by atoms with Gasteiger partial charge in [0.15, 0.2) is 0 Å². The van der Waals surface area contributed by atoms with Gasteiger partial charge < -0.3 is 10.0 Å². The van der Waals surface area contributed by atoms with Crippen molar-refractivity contribution in [2.45, 2.75) is 25.4 Å². The Morgan fingerprint density at radius 2 is 2.19 bits per heavy atom. The van der Waals surface area contributed by atoms with E-state index in [4.69, 9.17) is 0 Å². The number of rotatable bonds is 3. The number of aliphatic hydroxyl groups excluding tert-OH is 1. The van der Waals surface area contributed by atoms with Crippen LogP contribution < -0.4 is 0 Å². The van der Waals surface area contributed by atoms with Crippen LogP contribution in [0.15, 0.2) is 22.7 Å². The lowest BCUT2D eigenvalue weighted by Crippen LogP contribution is -2.41. The predicted octanol–water partition coefficient (Wildman–Crippen LogP) is 2.40. The van der Waals surface area contributed by atoms with Crippen LogP contribution in [0.3, 0.4) is 0 Å². The molecule has 2 nitrogen and oxygen atoms in total. The van der Waals surface area contributed by atoms with Crippen LogP contribution >= 0.6 is 15.9 Å². The fourth-order valence-electron chi connectivity index (χ4n) is 2.27. The maximum Gasteiger partial charge on any atom is 0.0552 e. The molecule has 0 saturated carbocycles. The molecule has 1 aromatic rings. The molecule has 1 aliphatic rings. The zero-order chi connectivity index (χ0) is 11.7. The lowest BCUT2D eigenvalue weighted by Gasteiger charge is -2.37. The molecule has 0 radical (unpaired) electrons. The van der Waals surface area contributed by atoms with Crippen LogP contribution in [0, 0.1) is 0 Å². The summed E-state index contributed by atoms with van der Waals surface area (Å²) < 4.78 is 1.18. The van der Waals surface area contributed by atoms with Crippen LogP contribution in [0.4, 0.5) is 0 Å². The summed E-state index contributed by atoms with van der Waals surface area (Å²) in [5.41, 5.74) is 2.59. The maximum absolute atomic E-state index is 9.35. The standard InChI is InChI=1S/C13H18BrNO/c1-9(16)5-10-3-4-12(13(14)6-10)11-7-15(2)8-11/h3-4,6,9,11,16H,5,7-8H2,1-2H3. The Labute approximate surface area is 105 Å². The predicted molar refractivity (Wildman–Crippen MR) is 69.8 cm³/mol. The SMILES string of the molecule is CC(O)Cc1ccc(C2CN(C)C2)c(Br)c1. The third-order valence-electron chi connectivity index (χ3n) is 3.10. The quantitative estimate of drug-likeness (QED) is 0.921. The number of hydrogen-bond donors (Lipinski definition) is 1. The Morgan fingerprint density at radius 1 is 1.50 bits per heavy atom. The highest BCUT2D eigenvalue weighted by molar-refractivity contribution is 9.10. The second kappa shape index (κ2) is 4.86. The van der Waals surface area contributed by atoms with E-state index >= 15 is 0 Å². The van der Waals surface area contributed by atoms with Crippen molar-refractivity contribution in [2.75, 3.05) is 20.1 Å². The Balaban J connectivity index is 2.11. The molecule has 1 aromatic carbocycles. The molecule has 1 unspecified atom stereocenters. The van der Waals surface area contributed by atoms with E-state index in [9.17, 15) is 5.11 Å². The third kappa shape index (κ3) is 2.65. The average molecular weight is 284 g/mol. The van der Waals surface area contributed by atoms with Crippen LogP contribution in [0.5, 0.6) is 0 Å². The molecule has 0 aromatic heterocycles. The van der Waals surface area contributed by atoms with Gasteiger partial charge in [-0.3, -0.25) is 0 Å². The van der Waals surface area contributed by atoms with E-state index in [2.05, 4.69) is 46.1 Å². The second-order valence-corrected chi connectivity index (χ2v) is 5.68. The van der Waals surface area contributed by atoms with E-state index in [-0.39, 0.29) is 6.10 Å². The summed E-state index contributed by atoms with van der Waals surface area (Å²) in [6, 6.07) is 6.46. The maximum atomic E-state index is 9.35. The van der Waals surface area contributed by atoms with Crippen molar-refractivity contribution in [1.29, 1.82) is 0 Å². The molecule has 0 aliphatic carbocycles. The van der Waals surface area contributed by atoms with E-state index in [1.807, 2.05) is 6.92 Å². The van der Waals surface area contributed by atoms with Crippen LogP contribution in [0.1, 0.15) is 24.0 Å². The Morgan fingerprint density at radius 3 is 2.69 bits per heavy atom. The summed E-state index contributed by atoms with van der Waals surface area (Å²) in [6.07, 6.45) is 0.455. The molecule has 1 heterocycles. The molecule has 1 atom stereocenters. The normalized spacial score (nSPS) is 19.5. The second-order valence-electron chi connectivity index (χ2n) is 4.83. The van der Waals surface area contributed by atoms with Crippen molar-refractivity contribution < 1.29 is 5.11 Å². The van der Waals surface area contributed by atoms with Crippen molar-refractivity contribution in [3.05, 3.63) is 33.8 Å². The first kappa shape index (κ1) is 12.1. The third-order valence-corrected chi connectivity index (χ3v) is 3.79. The molecule has 1 fully saturated rings. The van der Waals surface area contributed by atoms with Crippen LogP contribution in [-0.4, -0.2) is 36.2 Å². The van der Waals surface area contributed by atoms with E-state index in [0.29, 0.717) is 5.92 Å². The van der Waals surface area contributed by atoms with Gasteiger partial charge in [-0.15, -0.1) is 0 Å². The van der Waals surface area contributed by atoms with Gasteiger partial charge in [-0.05, 0) is 37.6 Å². The van der Waals surface area contributed by atoms with Crippen molar-refractivity contribution in [1.82, 2.24) is 4.90 Å². The van der Waals surface area contributed by atoms with Gasteiger partial charge >= 0.3 is 0 Å². The van der Waals surface area contributed by atoms with Gasteiger partial charge in [0, 0.05) is 23.5 Å². The highest BCUT2D eigenvalue weighted by atomic mass is 79.9. The highest BCUT2D eigenvalue weighted by Crippen LogP contribution is 2.32. The number of hydrogen-bond acceptors (Lipinski definition) is 2. The highest BCUT2D eigenvalue weighted by Gasteiger charge is 2.26. The Bertz CT molecular complexity index is 372. The average Bonchev–Trinajstić information content (AvgIpc) is 2.13. The van der Waals surface area contributed by atoms with Gasteiger partial charge in [0.2, 0.25) is 0 Å². The molecule has 0 amide bonds. The van der Waals surface area contributed by atoms with Crippen LogP contribution in [-0.2, 0) is 6.42 Å². The van der Waals surface area contributed by atoms with Gasteiger partial charge in [-0.1, -0.05) is 28.1 Å². The number of benzene rings is 1. The van der Waals surface area contributed by atoms with Gasteiger partial charge in [-0.2, -0.15) is 0 Å². The molecule has 1 aliphatic heterocycles. The van der Waals surface area contributed by atoms with Crippen molar-refractivity contribution in [2.24, 2.45) is 0 Å².